The molecule has 0 spiro atoms. The average Bonchev–Trinajstić information content (AvgIpc) is 3.22. The van der Waals surface area contributed by atoms with Gasteiger partial charge in [-0.05, 0) is 83.1 Å². The molecule has 0 saturated carbocycles. The lowest BCUT2D eigenvalue weighted by Crippen LogP contribution is -2.38. The molecule has 0 aromatic heterocycles. The summed E-state index contributed by atoms with van der Waals surface area (Å²) in [6, 6.07) is 9.02. The number of hydrogen-bond donors (Lipinski definition) is 0. The zero-order valence-electron chi connectivity index (χ0n) is 22.8. The van der Waals surface area contributed by atoms with Gasteiger partial charge in [0.1, 0.15) is 23.2 Å². The van der Waals surface area contributed by atoms with Gasteiger partial charge < -0.3 is 23.7 Å². The highest BCUT2D eigenvalue weighted by atomic mass is 16.7. The monoisotopic (exact) mass is 522 g/mol. The Balaban J connectivity index is 1.35. The minimum atomic E-state index is -0.382. The van der Waals surface area contributed by atoms with Gasteiger partial charge in [0.2, 0.25) is 0 Å². The fourth-order valence-corrected chi connectivity index (χ4v) is 5.80. The molecule has 204 valence electrons. The zero-order valence-corrected chi connectivity index (χ0v) is 22.8. The van der Waals surface area contributed by atoms with Crippen LogP contribution in [0, 0.1) is 13.8 Å². The Labute approximate surface area is 224 Å². The van der Waals surface area contributed by atoms with Gasteiger partial charge in [-0.2, -0.15) is 0 Å². The summed E-state index contributed by atoms with van der Waals surface area (Å²) < 4.78 is 30.0. The van der Waals surface area contributed by atoms with E-state index in [1.165, 1.54) is 0 Å². The van der Waals surface area contributed by atoms with Crippen molar-refractivity contribution in [2.45, 2.75) is 103 Å². The third-order valence-corrected chi connectivity index (χ3v) is 7.74. The zero-order chi connectivity index (χ0) is 26.9. The lowest BCUT2D eigenvalue weighted by atomic mass is 9.90. The minimum absolute atomic E-state index is 0.202. The SMILES string of the molecule is Cc1c(CC[C@@H]2C[C@@H](OC3CCCCO3)CC(=O)O2)c2c(c(C)c1OC(=O)c1ccccc1)CC(C)(C)O2. The van der Waals surface area contributed by atoms with Crippen LogP contribution in [-0.4, -0.2) is 42.6 Å². The number of benzene rings is 2. The normalized spacial score (nSPS) is 24.3. The predicted octanol–water partition coefficient (Wildman–Crippen LogP) is 5.79. The van der Waals surface area contributed by atoms with Crippen LogP contribution in [0.5, 0.6) is 11.5 Å². The number of cyclic esters (lactones) is 1. The van der Waals surface area contributed by atoms with Crippen LogP contribution in [0.1, 0.15) is 85.0 Å². The van der Waals surface area contributed by atoms with E-state index in [4.69, 9.17) is 23.7 Å². The predicted molar refractivity (Wildman–Crippen MR) is 142 cm³/mol. The Morgan fingerprint density at radius 1 is 1.11 bits per heavy atom. The molecule has 3 aliphatic rings. The number of fused-ring (bicyclic) bond motifs is 1. The largest absolute Gasteiger partial charge is 0.487 e. The molecule has 5 rings (SSSR count). The van der Waals surface area contributed by atoms with Crippen molar-refractivity contribution in [1.82, 2.24) is 0 Å². The molecular formula is C31H38O7. The highest BCUT2D eigenvalue weighted by molar-refractivity contribution is 5.91. The maximum atomic E-state index is 13.0. The smallest absolute Gasteiger partial charge is 0.343 e. The van der Waals surface area contributed by atoms with E-state index < -0.39 is 0 Å². The molecular weight excluding hydrogens is 484 g/mol. The van der Waals surface area contributed by atoms with E-state index in [0.717, 1.165) is 53.7 Å². The van der Waals surface area contributed by atoms with Crippen LogP contribution in [0.15, 0.2) is 30.3 Å². The van der Waals surface area contributed by atoms with Crippen LogP contribution in [0.4, 0.5) is 0 Å². The third kappa shape index (κ3) is 5.89. The standard InChI is InChI=1S/C31H38O7/c1-19-24(14-13-22-16-23(17-26(32)35-22)36-27-12-8-9-15-34-27)29-25(18-31(3,4)38-29)20(2)28(19)37-30(33)21-10-6-5-7-11-21/h5-7,10-11,22-23,27H,8-9,12-18H2,1-4H3/t22-,23-,27?/m1/s1. The molecule has 3 atom stereocenters. The summed E-state index contributed by atoms with van der Waals surface area (Å²) in [6.45, 7) is 8.81. The van der Waals surface area contributed by atoms with Gasteiger partial charge in [-0.15, -0.1) is 0 Å². The molecule has 2 aromatic rings. The molecule has 0 aliphatic carbocycles. The van der Waals surface area contributed by atoms with E-state index in [0.29, 0.717) is 37.2 Å². The Hall–Kier alpha value is -2.90. The molecule has 0 radical (unpaired) electrons. The number of carbonyl (C=O) groups is 2. The lowest BCUT2D eigenvalue weighted by molar-refractivity contribution is -0.209. The summed E-state index contributed by atoms with van der Waals surface area (Å²) in [5, 5.41) is 0. The Bertz CT molecular complexity index is 1180. The van der Waals surface area contributed by atoms with Crippen molar-refractivity contribution < 1.29 is 33.3 Å². The molecule has 7 nitrogen and oxygen atoms in total. The quantitative estimate of drug-likeness (QED) is 0.337. The van der Waals surface area contributed by atoms with Crippen LogP contribution in [-0.2, 0) is 31.8 Å². The number of ether oxygens (including phenoxy) is 5. The van der Waals surface area contributed by atoms with Crippen molar-refractivity contribution in [2.75, 3.05) is 6.61 Å². The lowest BCUT2D eigenvalue weighted by Gasteiger charge is -2.33. The molecule has 0 bridgehead atoms. The molecule has 0 N–H and O–H groups in total. The molecule has 1 unspecified atom stereocenters. The summed E-state index contributed by atoms with van der Waals surface area (Å²) in [6.07, 6.45) is 5.18. The summed E-state index contributed by atoms with van der Waals surface area (Å²) in [5.74, 6) is 0.843. The molecule has 0 amide bonds. The highest BCUT2D eigenvalue weighted by Crippen LogP contribution is 2.46. The third-order valence-electron chi connectivity index (χ3n) is 7.74. The molecule has 3 aliphatic heterocycles. The van der Waals surface area contributed by atoms with Gasteiger partial charge in [0, 0.05) is 30.6 Å². The van der Waals surface area contributed by atoms with Crippen LogP contribution in [0.2, 0.25) is 0 Å². The van der Waals surface area contributed by atoms with Crippen molar-refractivity contribution in [3.05, 3.63) is 58.1 Å². The molecule has 38 heavy (non-hydrogen) atoms. The van der Waals surface area contributed by atoms with Gasteiger partial charge in [-0.1, -0.05) is 18.2 Å². The van der Waals surface area contributed by atoms with Crippen molar-refractivity contribution >= 4 is 11.9 Å². The van der Waals surface area contributed by atoms with Gasteiger partial charge in [0.05, 0.1) is 18.1 Å². The molecule has 3 heterocycles. The van der Waals surface area contributed by atoms with E-state index >= 15 is 0 Å². The summed E-state index contributed by atoms with van der Waals surface area (Å²) >= 11 is 0. The first kappa shape index (κ1) is 26.7. The van der Waals surface area contributed by atoms with E-state index in [9.17, 15) is 9.59 Å². The number of rotatable bonds is 7. The molecule has 2 fully saturated rings. The van der Waals surface area contributed by atoms with Crippen LogP contribution < -0.4 is 9.47 Å². The van der Waals surface area contributed by atoms with Crippen LogP contribution >= 0.6 is 0 Å². The van der Waals surface area contributed by atoms with E-state index in [2.05, 4.69) is 13.8 Å². The molecule has 2 saturated heterocycles. The second kappa shape index (κ2) is 11.1. The van der Waals surface area contributed by atoms with Crippen LogP contribution in [0.3, 0.4) is 0 Å². The van der Waals surface area contributed by atoms with E-state index in [-0.39, 0.29) is 42.5 Å². The van der Waals surface area contributed by atoms with Gasteiger partial charge in [-0.25, -0.2) is 4.79 Å². The maximum Gasteiger partial charge on any atom is 0.343 e. The van der Waals surface area contributed by atoms with Crippen molar-refractivity contribution in [2.24, 2.45) is 0 Å². The number of esters is 2. The van der Waals surface area contributed by atoms with E-state index in [1.54, 1.807) is 12.1 Å². The van der Waals surface area contributed by atoms with Gasteiger partial charge in [-0.3, -0.25) is 4.79 Å². The topological polar surface area (TPSA) is 80.3 Å². The van der Waals surface area contributed by atoms with Crippen molar-refractivity contribution in [3.8, 4) is 11.5 Å². The first-order chi connectivity index (χ1) is 18.2. The first-order valence-corrected chi connectivity index (χ1v) is 13.8. The Kier molecular flexibility index (Phi) is 7.78. The summed E-state index contributed by atoms with van der Waals surface area (Å²) in [5.41, 5.74) is 4.04. The van der Waals surface area contributed by atoms with E-state index in [1.807, 2.05) is 32.0 Å². The fourth-order valence-electron chi connectivity index (χ4n) is 5.80. The highest BCUT2D eigenvalue weighted by Gasteiger charge is 2.37. The van der Waals surface area contributed by atoms with Gasteiger partial charge in [0.15, 0.2) is 6.29 Å². The van der Waals surface area contributed by atoms with Crippen LogP contribution in [0.25, 0.3) is 0 Å². The molecule has 2 aromatic carbocycles. The minimum Gasteiger partial charge on any atom is -0.487 e. The number of hydrogen-bond acceptors (Lipinski definition) is 7. The molecule has 7 heteroatoms. The second-order valence-corrected chi connectivity index (χ2v) is 11.3. The maximum absolute atomic E-state index is 13.0. The van der Waals surface area contributed by atoms with Gasteiger partial charge in [0.25, 0.3) is 0 Å². The second-order valence-electron chi connectivity index (χ2n) is 11.3. The average molecular weight is 523 g/mol. The van der Waals surface area contributed by atoms with Crippen molar-refractivity contribution in [3.63, 3.8) is 0 Å². The fraction of sp³-hybridized carbons (Fsp3) is 0.548. The Morgan fingerprint density at radius 2 is 1.89 bits per heavy atom. The van der Waals surface area contributed by atoms with Crippen molar-refractivity contribution in [1.29, 1.82) is 0 Å². The summed E-state index contributed by atoms with van der Waals surface area (Å²) in [7, 11) is 0. The Morgan fingerprint density at radius 3 is 2.63 bits per heavy atom. The summed E-state index contributed by atoms with van der Waals surface area (Å²) in [4.78, 5) is 25.4. The number of carbonyl (C=O) groups excluding carboxylic acids is 2. The van der Waals surface area contributed by atoms with Gasteiger partial charge >= 0.3 is 11.9 Å². The first-order valence-electron chi connectivity index (χ1n) is 13.8.